The van der Waals surface area contributed by atoms with Crippen LogP contribution >= 0.6 is 0 Å². The molecule has 3 aliphatic rings. The molecule has 0 bridgehead atoms. The van der Waals surface area contributed by atoms with Crippen molar-refractivity contribution in [2.24, 2.45) is 0 Å². The summed E-state index contributed by atoms with van der Waals surface area (Å²) in [5, 5.41) is 2.20. The Labute approximate surface area is 242 Å². The number of anilines is 1. The quantitative estimate of drug-likeness (QED) is 0.278. The molecule has 1 unspecified atom stereocenters. The van der Waals surface area contributed by atoms with Gasteiger partial charge in [0.2, 0.25) is 0 Å². The van der Waals surface area contributed by atoms with Crippen molar-refractivity contribution in [2.45, 2.75) is 38.0 Å². The Morgan fingerprint density at radius 1 is 0.714 bits per heavy atom. The molecule has 0 fully saturated rings. The average Bonchev–Trinajstić information content (AvgIpc) is 3.51. The number of imide groups is 2. The van der Waals surface area contributed by atoms with Crippen LogP contribution in [0.2, 0.25) is 0 Å². The molecule has 7 nitrogen and oxygen atoms in total. The molecular formula is C35H24N2O5. The number of ketones is 1. The largest absolute Gasteiger partial charge is 0.289 e. The van der Waals surface area contributed by atoms with Crippen LogP contribution in [0.4, 0.5) is 5.69 Å². The molecule has 4 aromatic rings. The van der Waals surface area contributed by atoms with E-state index in [-0.39, 0.29) is 44.2 Å². The Morgan fingerprint density at radius 3 is 1.98 bits per heavy atom. The Morgan fingerprint density at radius 2 is 1.29 bits per heavy atom. The summed E-state index contributed by atoms with van der Waals surface area (Å²) in [6.07, 6.45) is 0.898. The van der Waals surface area contributed by atoms with Gasteiger partial charge >= 0.3 is 0 Å². The number of nitrogens with zero attached hydrogens (tertiary/aromatic N) is 1. The van der Waals surface area contributed by atoms with E-state index in [0.29, 0.717) is 5.69 Å². The molecule has 2 heterocycles. The SMILES string of the molecule is CC1(C)CC(C)(c2ccc(N3C(=O)c4ccc(C(=O)c5ccc6c(c5)C(=O)NC6=O)cc4C3=O)cc2)c2cc#ccc21. The number of fused-ring (bicyclic) bond motifs is 3. The van der Waals surface area contributed by atoms with E-state index in [9.17, 15) is 24.0 Å². The van der Waals surface area contributed by atoms with Crippen molar-refractivity contribution < 1.29 is 24.0 Å². The van der Waals surface area contributed by atoms with Gasteiger partial charge in [-0.2, -0.15) is 0 Å². The zero-order chi connectivity index (χ0) is 29.6. The first-order valence-corrected chi connectivity index (χ1v) is 13.6. The average molecular weight is 553 g/mol. The summed E-state index contributed by atoms with van der Waals surface area (Å²) < 4.78 is 0. The molecule has 4 amide bonds. The number of amides is 4. The molecule has 1 aliphatic carbocycles. The van der Waals surface area contributed by atoms with Crippen LogP contribution in [0.25, 0.3) is 0 Å². The molecule has 0 saturated heterocycles. The normalized spacial score (nSPS) is 19.7. The summed E-state index contributed by atoms with van der Waals surface area (Å²) in [7, 11) is 0. The molecule has 1 atom stereocenters. The van der Waals surface area contributed by atoms with Gasteiger partial charge in [0, 0.05) is 16.5 Å². The van der Waals surface area contributed by atoms with Gasteiger partial charge in [0.05, 0.1) is 27.9 Å². The molecule has 0 aromatic heterocycles. The molecule has 0 spiro atoms. The van der Waals surface area contributed by atoms with E-state index in [4.69, 9.17) is 0 Å². The summed E-state index contributed by atoms with van der Waals surface area (Å²) in [6, 6.07) is 26.3. The van der Waals surface area contributed by atoms with Crippen molar-refractivity contribution in [1.82, 2.24) is 5.32 Å². The highest BCUT2D eigenvalue weighted by Crippen LogP contribution is 2.52. The highest BCUT2D eigenvalue weighted by Gasteiger charge is 2.46. The van der Waals surface area contributed by atoms with Gasteiger partial charge in [-0.1, -0.05) is 57.2 Å². The van der Waals surface area contributed by atoms with Gasteiger partial charge in [-0.25, -0.2) is 4.90 Å². The van der Waals surface area contributed by atoms with E-state index < -0.39 is 29.4 Å². The fourth-order valence-corrected chi connectivity index (χ4v) is 6.80. The van der Waals surface area contributed by atoms with Crippen LogP contribution < -0.4 is 10.2 Å². The summed E-state index contributed by atoms with van der Waals surface area (Å²) in [5.74, 6) is -2.48. The van der Waals surface area contributed by atoms with Crippen LogP contribution in [-0.2, 0) is 10.8 Å². The number of benzene rings is 3. The smallest absolute Gasteiger partial charge is 0.266 e. The Bertz CT molecular complexity index is 1920. The number of nitrogens with one attached hydrogen (secondary N) is 1. The molecule has 2 aliphatic heterocycles. The number of rotatable bonds is 4. The van der Waals surface area contributed by atoms with Gasteiger partial charge in [-0.3, -0.25) is 29.3 Å². The maximum atomic E-state index is 13.5. The van der Waals surface area contributed by atoms with E-state index >= 15 is 0 Å². The number of hydrogen-bond donors (Lipinski definition) is 1. The lowest BCUT2D eigenvalue weighted by Crippen LogP contribution is -2.29. The van der Waals surface area contributed by atoms with Crippen LogP contribution in [0, 0.1) is 12.1 Å². The van der Waals surface area contributed by atoms with Crippen molar-refractivity contribution in [3.63, 3.8) is 0 Å². The van der Waals surface area contributed by atoms with Crippen molar-refractivity contribution in [2.75, 3.05) is 4.90 Å². The van der Waals surface area contributed by atoms with Crippen LogP contribution in [0.3, 0.4) is 0 Å². The van der Waals surface area contributed by atoms with Crippen molar-refractivity contribution in [3.8, 4) is 0 Å². The minimum absolute atomic E-state index is 0.0321. The molecular weight excluding hydrogens is 528 g/mol. The first kappa shape index (κ1) is 25.6. The van der Waals surface area contributed by atoms with Crippen molar-refractivity contribution in [1.29, 1.82) is 0 Å². The van der Waals surface area contributed by atoms with Gasteiger partial charge in [0.15, 0.2) is 5.78 Å². The lowest BCUT2D eigenvalue weighted by Gasteiger charge is -2.28. The van der Waals surface area contributed by atoms with Crippen LogP contribution in [0.5, 0.6) is 0 Å². The fourth-order valence-electron chi connectivity index (χ4n) is 6.80. The molecule has 1 N–H and O–H groups in total. The second kappa shape index (κ2) is 8.58. The maximum absolute atomic E-state index is 13.5. The monoisotopic (exact) mass is 552 g/mol. The van der Waals surface area contributed by atoms with Gasteiger partial charge in [0.1, 0.15) is 0 Å². The fraction of sp³-hybridized carbons (Fsp3) is 0.171. The molecule has 7 rings (SSSR count). The highest BCUT2D eigenvalue weighted by atomic mass is 16.2. The van der Waals surface area contributed by atoms with E-state index in [1.54, 1.807) is 12.1 Å². The third-order valence-corrected chi connectivity index (χ3v) is 8.84. The van der Waals surface area contributed by atoms with Gasteiger partial charge in [-0.15, -0.1) is 0 Å². The summed E-state index contributed by atoms with van der Waals surface area (Å²) >= 11 is 0. The third kappa shape index (κ3) is 3.52. The topological polar surface area (TPSA) is 101 Å². The standard InChI is InChI=1S/C35H24N2O5/c1-34(2)18-35(3,28-7-5-4-6-27(28)34)21-10-12-22(13-11-21)37-32(41)24-15-9-20(17-26(24)33(37)42)29(38)19-8-14-23-25(16-19)31(40)36-30(23)39/h6-17H,18H2,1-3H3,(H,36,39,40). The first-order valence-electron chi connectivity index (χ1n) is 13.6. The molecule has 42 heavy (non-hydrogen) atoms. The number of hydrogen-bond acceptors (Lipinski definition) is 5. The minimum Gasteiger partial charge on any atom is -0.289 e. The summed E-state index contributed by atoms with van der Waals surface area (Å²) in [5.41, 5.74) is 4.75. The van der Waals surface area contributed by atoms with Crippen LogP contribution in [0.1, 0.15) is 101 Å². The Kier molecular flexibility index (Phi) is 5.23. The van der Waals surface area contributed by atoms with E-state index in [1.165, 1.54) is 47.5 Å². The van der Waals surface area contributed by atoms with Gasteiger partial charge in [-0.05, 0) is 77.1 Å². The van der Waals surface area contributed by atoms with Gasteiger partial charge in [0.25, 0.3) is 23.6 Å². The highest BCUT2D eigenvalue weighted by molar-refractivity contribution is 6.35. The van der Waals surface area contributed by atoms with Crippen molar-refractivity contribution >= 4 is 35.1 Å². The van der Waals surface area contributed by atoms with Crippen molar-refractivity contribution in [3.05, 3.63) is 135 Å². The predicted octanol–water partition coefficient (Wildman–Crippen LogP) is 5.19. The molecule has 0 radical (unpaired) electrons. The van der Waals surface area contributed by atoms with Gasteiger partial charge < -0.3 is 0 Å². The maximum Gasteiger partial charge on any atom is 0.266 e. The predicted molar refractivity (Wildman–Crippen MR) is 154 cm³/mol. The molecule has 204 valence electrons. The summed E-state index contributed by atoms with van der Waals surface area (Å²) in [6.45, 7) is 6.65. The lowest BCUT2D eigenvalue weighted by molar-refractivity contribution is 0.0874. The molecule has 4 aromatic carbocycles. The number of carbonyl (C=O) groups excluding carboxylic acids is 5. The Balaban J connectivity index is 1.18. The minimum atomic E-state index is -0.562. The summed E-state index contributed by atoms with van der Waals surface area (Å²) in [4.78, 5) is 65.1. The van der Waals surface area contributed by atoms with E-state index in [2.05, 4.69) is 38.2 Å². The second-order valence-electron chi connectivity index (χ2n) is 11.9. The second-order valence-corrected chi connectivity index (χ2v) is 11.9. The zero-order valence-corrected chi connectivity index (χ0v) is 23.1. The molecule has 0 saturated carbocycles. The number of carbonyl (C=O) groups is 5. The van der Waals surface area contributed by atoms with Crippen LogP contribution in [-0.4, -0.2) is 29.4 Å². The lowest BCUT2D eigenvalue weighted by atomic mass is 9.75. The van der Waals surface area contributed by atoms with Crippen LogP contribution in [0.15, 0.2) is 72.8 Å². The van der Waals surface area contributed by atoms with E-state index in [0.717, 1.165) is 16.9 Å². The third-order valence-electron chi connectivity index (χ3n) is 8.84. The van der Waals surface area contributed by atoms with E-state index in [1.807, 2.05) is 24.3 Å². The molecule has 7 heteroatoms. The zero-order valence-electron chi connectivity index (χ0n) is 23.1. The first-order chi connectivity index (χ1) is 20.0. The Hall–Kier alpha value is -5.35.